The Morgan fingerprint density at radius 1 is 1.09 bits per heavy atom. The molecule has 0 aliphatic carbocycles. The summed E-state index contributed by atoms with van der Waals surface area (Å²) in [6, 6.07) is 6.62. The van der Waals surface area contributed by atoms with Gasteiger partial charge in [-0.25, -0.2) is 4.39 Å². The monoisotopic (exact) mass is 453 g/mol. The van der Waals surface area contributed by atoms with Crippen molar-refractivity contribution in [2.45, 2.75) is 39.7 Å². The van der Waals surface area contributed by atoms with E-state index >= 15 is 0 Å². The highest BCUT2D eigenvalue weighted by atomic mass is 19.4. The van der Waals surface area contributed by atoms with Crippen molar-refractivity contribution in [1.82, 2.24) is 4.57 Å². The number of esters is 1. The molecule has 3 rings (SSSR count). The maximum atomic E-state index is 14.8. The van der Waals surface area contributed by atoms with Gasteiger partial charge < -0.3 is 14.6 Å². The van der Waals surface area contributed by atoms with Crippen LogP contribution in [0.2, 0.25) is 0 Å². The summed E-state index contributed by atoms with van der Waals surface area (Å²) in [7, 11) is 0. The molecule has 170 valence electrons. The number of alkyl halides is 3. The SMILES string of the molecule is Cc1c(CC(=O)OC(C)C)c2c(F)c(O)ccc2n1C(=O)c1ccc(OC(F)(F)F)cc1. The lowest BCUT2D eigenvalue weighted by molar-refractivity contribution is -0.274. The zero-order valence-electron chi connectivity index (χ0n) is 17.3. The van der Waals surface area contributed by atoms with Gasteiger partial charge in [0.2, 0.25) is 0 Å². The number of fused-ring (bicyclic) bond motifs is 1. The highest BCUT2D eigenvalue weighted by molar-refractivity contribution is 6.05. The molecule has 0 aliphatic heterocycles. The number of phenolic OH excluding ortho intramolecular Hbond substituents is 1. The van der Waals surface area contributed by atoms with Crippen LogP contribution in [0.5, 0.6) is 11.5 Å². The summed E-state index contributed by atoms with van der Waals surface area (Å²) < 4.78 is 61.9. The van der Waals surface area contributed by atoms with E-state index in [-0.39, 0.29) is 34.1 Å². The van der Waals surface area contributed by atoms with Gasteiger partial charge in [0, 0.05) is 16.6 Å². The minimum Gasteiger partial charge on any atom is -0.505 e. The fourth-order valence-electron chi connectivity index (χ4n) is 3.38. The summed E-state index contributed by atoms with van der Waals surface area (Å²) >= 11 is 0. The highest BCUT2D eigenvalue weighted by Crippen LogP contribution is 2.34. The molecule has 0 unspecified atom stereocenters. The number of carbonyl (C=O) groups excluding carboxylic acids is 2. The van der Waals surface area contributed by atoms with Gasteiger partial charge in [-0.05, 0) is 62.7 Å². The predicted molar refractivity (Wildman–Crippen MR) is 106 cm³/mol. The summed E-state index contributed by atoms with van der Waals surface area (Å²) in [4.78, 5) is 25.4. The lowest BCUT2D eigenvalue weighted by Crippen LogP contribution is -2.18. The van der Waals surface area contributed by atoms with Crippen LogP contribution in [0.3, 0.4) is 0 Å². The summed E-state index contributed by atoms with van der Waals surface area (Å²) in [5.74, 6) is -3.48. The van der Waals surface area contributed by atoms with E-state index in [1.807, 2.05) is 0 Å². The molecular weight excluding hydrogens is 434 g/mol. The second-order valence-corrected chi connectivity index (χ2v) is 7.28. The van der Waals surface area contributed by atoms with Gasteiger partial charge >= 0.3 is 12.3 Å². The van der Waals surface area contributed by atoms with E-state index in [1.54, 1.807) is 13.8 Å². The average molecular weight is 453 g/mol. The first kappa shape index (κ1) is 23.1. The predicted octanol–water partition coefficient (Wildman–Crippen LogP) is 4.88. The quantitative estimate of drug-likeness (QED) is 0.440. The molecule has 0 fully saturated rings. The highest BCUT2D eigenvalue weighted by Gasteiger charge is 2.31. The van der Waals surface area contributed by atoms with E-state index in [2.05, 4.69) is 4.74 Å². The zero-order valence-corrected chi connectivity index (χ0v) is 17.3. The van der Waals surface area contributed by atoms with Crippen LogP contribution in [0.15, 0.2) is 36.4 Å². The van der Waals surface area contributed by atoms with Crippen molar-refractivity contribution in [2.24, 2.45) is 0 Å². The van der Waals surface area contributed by atoms with Crippen molar-refractivity contribution >= 4 is 22.8 Å². The lowest BCUT2D eigenvalue weighted by Gasteiger charge is -2.11. The Labute approximate surface area is 180 Å². The number of aromatic hydroxyl groups is 1. The number of hydrogen-bond acceptors (Lipinski definition) is 5. The van der Waals surface area contributed by atoms with Gasteiger partial charge in [0.25, 0.3) is 5.91 Å². The number of nitrogens with zero attached hydrogens (tertiary/aromatic N) is 1. The molecule has 3 aromatic rings. The van der Waals surface area contributed by atoms with Gasteiger partial charge in [0.15, 0.2) is 11.6 Å². The fourth-order valence-corrected chi connectivity index (χ4v) is 3.38. The molecule has 0 saturated carbocycles. The summed E-state index contributed by atoms with van der Waals surface area (Å²) in [5, 5.41) is 9.69. The summed E-state index contributed by atoms with van der Waals surface area (Å²) in [6.45, 7) is 4.79. The van der Waals surface area contributed by atoms with Crippen LogP contribution < -0.4 is 4.74 Å². The number of benzene rings is 2. The number of halogens is 4. The first-order chi connectivity index (χ1) is 14.9. The zero-order chi connectivity index (χ0) is 23.8. The molecule has 32 heavy (non-hydrogen) atoms. The molecule has 1 N–H and O–H groups in total. The lowest BCUT2D eigenvalue weighted by atomic mass is 10.1. The molecule has 1 aromatic heterocycles. The van der Waals surface area contributed by atoms with Crippen molar-refractivity contribution in [3.8, 4) is 11.5 Å². The molecule has 6 nitrogen and oxygen atoms in total. The Balaban J connectivity index is 2.08. The van der Waals surface area contributed by atoms with Crippen LogP contribution in [-0.2, 0) is 16.0 Å². The molecular formula is C22H19F4NO5. The number of phenols is 1. The minimum absolute atomic E-state index is 0.00399. The molecule has 2 aromatic carbocycles. The summed E-state index contributed by atoms with van der Waals surface area (Å²) in [6.07, 6.45) is -5.63. The Morgan fingerprint density at radius 3 is 2.28 bits per heavy atom. The molecule has 10 heteroatoms. The number of hydrogen-bond donors (Lipinski definition) is 1. The van der Waals surface area contributed by atoms with Gasteiger partial charge in [-0.2, -0.15) is 0 Å². The normalized spacial score (nSPS) is 11.8. The number of carbonyl (C=O) groups is 2. The topological polar surface area (TPSA) is 77.8 Å². The van der Waals surface area contributed by atoms with Crippen LogP contribution in [0.4, 0.5) is 17.6 Å². The maximum Gasteiger partial charge on any atom is 0.573 e. The van der Waals surface area contributed by atoms with E-state index < -0.39 is 41.7 Å². The third-order valence-electron chi connectivity index (χ3n) is 4.64. The van der Waals surface area contributed by atoms with Gasteiger partial charge in [-0.1, -0.05) is 0 Å². The molecule has 0 atom stereocenters. The van der Waals surface area contributed by atoms with Crippen molar-refractivity contribution in [2.75, 3.05) is 0 Å². The van der Waals surface area contributed by atoms with E-state index in [0.29, 0.717) is 0 Å². The molecule has 0 saturated heterocycles. The Morgan fingerprint density at radius 2 is 1.72 bits per heavy atom. The molecule has 0 amide bonds. The number of ether oxygens (including phenoxy) is 2. The van der Waals surface area contributed by atoms with Gasteiger partial charge in [-0.15, -0.1) is 13.2 Å². The third-order valence-corrected chi connectivity index (χ3v) is 4.64. The van der Waals surface area contributed by atoms with E-state index in [9.17, 15) is 32.3 Å². The minimum atomic E-state index is -4.88. The number of aromatic nitrogens is 1. The first-order valence-corrected chi connectivity index (χ1v) is 9.50. The second-order valence-electron chi connectivity index (χ2n) is 7.28. The average Bonchev–Trinajstić information content (AvgIpc) is 2.95. The standard InChI is InChI=1S/C22H19F4NO5/c1-11(2)31-18(29)10-15-12(3)27(16-8-9-17(28)20(23)19(15)16)21(30)13-4-6-14(7-5-13)32-22(24,25)26/h4-9,11,28H,10H2,1-3H3. The van der Waals surface area contributed by atoms with E-state index in [1.165, 1.54) is 13.0 Å². The Kier molecular flexibility index (Phi) is 6.16. The molecule has 0 spiro atoms. The van der Waals surface area contributed by atoms with Crippen molar-refractivity contribution in [1.29, 1.82) is 0 Å². The smallest absolute Gasteiger partial charge is 0.505 e. The van der Waals surface area contributed by atoms with Gasteiger partial charge in [0.05, 0.1) is 18.0 Å². The van der Waals surface area contributed by atoms with Crippen molar-refractivity contribution < 1.29 is 41.7 Å². The van der Waals surface area contributed by atoms with Gasteiger partial charge in [-0.3, -0.25) is 14.2 Å². The van der Waals surface area contributed by atoms with Crippen LogP contribution in [0.25, 0.3) is 10.9 Å². The third kappa shape index (κ3) is 4.68. The molecule has 1 heterocycles. The fraction of sp³-hybridized carbons (Fsp3) is 0.273. The molecule has 0 bridgehead atoms. The first-order valence-electron chi connectivity index (χ1n) is 9.50. The Hall–Kier alpha value is -3.56. The van der Waals surface area contributed by atoms with Crippen LogP contribution in [-0.4, -0.2) is 34.0 Å². The molecule has 0 radical (unpaired) electrons. The van der Waals surface area contributed by atoms with Crippen molar-refractivity contribution in [3.05, 3.63) is 59.0 Å². The molecule has 0 aliphatic rings. The van der Waals surface area contributed by atoms with E-state index in [0.717, 1.165) is 34.9 Å². The second kappa shape index (κ2) is 8.52. The maximum absolute atomic E-state index is 14.8. The van der Waals surface area contributed by atoms with Crippen LogP contribution in [0.1, 0.15) is 35.5 Å². The van der Waals surface area contributed by atoms with Crippen molar-refractivity contribution in [3.63, 3.8) is 0 Å². The van der Waals surface area contributed by atoms with Crippen LogP contribution in [0, 0.1) is 12.7 Å². The van der Waals surface area contributed by atoms with E-state index in [4.69, 9.17) is 4.74 Å². The van der Waals surface area contributed by atoms with Gasteiger partial charge in [0.1, 0.15) is 5.75 Å². The largest absolute Gasteiger partial charge is 0.573 e. The summed E-state index contributed by atoms with van der Waals surface area (Å²) in [5.41, 5.74) is 0.477. The Bertz CT molecular complexity index is 1180. The number of rotatable bonds is 5. The van der Waals surface area contributed by atoms with Crippen LogP contribution >= 0.6 is 0 Å².